The van der Waals surface area contributed by atoms with Gasteiger partial charge in [0.05, 0.1) is 22.8 Å². The zero-order valence-electron chi connectivity index (χ0n) is 24.9. The van der Waals surface area contributed by atoms with E-state index in [2.05, 4.69) is 17.1 Å². The van der Waals surface area contributed by atoms with Crippen LogP contribution in [0.15, 0.2) is 79.1 Å². The van der Waals surface area contributed by atoms with Crippen molar-refractivity contribution in [2.75, 3.05) is 0 Å². The summed E-state index contributed by atoms with van der Waals surface area (Å²) >= 11 is 0. The number of imidazole rings is 1. The van der Waals surface area contributed by atoms with E-state index in [9.17, 15) is 13.2 Å². The third kappa shape index (κ3) is 5.89. The largest absolute Gasteiger partial charge is 2.00 e. The van der Waals surface area contributed by atoms with Crippen LogP contribution in [0.4, 0.5) is 22.0 Å². The van der Waals surface area contributed by atoms with Crippen molar-refractivity contribution in [1.29, 1.82) is 0 Å². The monoisotopic (exact) mass is 807 g/mol. The van der Waals surface area contributed by atoms with Gasteiger partial charge in [-0.25, -0.2) is 22.0 Å². The molecule has 0 radical (unpaired) electrons. The molecule has 4 aromatic carbocycles. The van der Waals surface area contributed by atoms with Crippen LogP contribution in [0.1, 0.15) is 26.5 Å². The molecule has 0 atom stereocenters. The molecule has 0 N–H and O–H groups in total. The minimum absolute atomic E-state index is 0. The Morgan fingerprint density at radius 1 is 0.717 bits per heavy atom. The van der Waals surface area contributed by atoms with Crippen molar-refractivity contribution in [1.82, 2.24) is 19.3 Å². The molecule has 0 aliphatic carbocycles. The second-order valence-corrected chi connectivity index (χ2v) is 11.3. The summed E-state index contributed by atoms with van der Waals surface area (Å²) < 4.78 is 83.4. The zero-order valence-corrected chi connectivity index (χ0v) is 27.2. The van der Waals surface area contributed by atoms with Crippen LogP contribution in [0.3, 0.4) is 0 Å². The molecule has 0 aliphatic rings. The molecule has 2 heterocycles. The van der Waals surface area contributed by atoms with E-state index < -0.39 is 40.1 Å². The summed E-state index contributed by atoms with van der Waals surface area (Å²) in [6.45, 7) is 5.20. The first-order valence-corrected chi connectivity index (χ1v) is 13.9. The maximum absolute atomic E-state index is 15.4. The minimum Gasteiger partial charge on any atom is -0.503 e. The normalized spacial score (nSPS) is 11.4. The Hall–Kier alpha value is -4.56. The number of halogens is 5. The molecule has 0 bridgehead atoms. The summed E-state index contributed by atoms with van der Waals surface area (Å²) in [7, 11) is 1.86. The Morgan fingerprint density at radius 2 is 1.33 bits per heavy atom. The average Bonchev–Trinajstić information content (AvgIpc) is 3.64. The number of rotatable bonds is 6. The Kier molecular flexibility index (Phi) is 9.04. The summed E-state index contributed by atoms with van der Waals surface area (Å²) in [6, 6.07) is 25.1. The first-order chi connectivity index (χ1) is 21.5. The van der Waals surface area contributed by atoms with Gasteiger partial charge >= 0.3 is 21.1 Å². The minimum atomic E-state index is -2.23. The van der Waals surface area contributed by atoms with Crippen molar-refractivity contribution in [3.05, 3.63) is 126 Å². The van der Waals surface area contributed by atoms with Gasteiger partial charge in [-0.1, -0.05) is 57.2 Å². The van der Waals surface area contributed by atoms with E-state index in [0.29, 0.717) is 28.4 Å². The van der Waals surface area contributed by atoms with Crippen molar-refractivity contribution in [3.8, 4) is 51.0 Å². The quantitative estimate of drug-likeness (QED) is 0.0731. The smallest absolute Gasteiger partial charge is 0.503 e. The predicted octanol–water partition coefficient (Wildman–Crippen LogP) is 8.99. The van der Waals surface area contributed by atoms with Crippen molar-refractivity contribution in [2.24, 2.45) is 7.05 Å². The van der Waals surface area contributed by atoms with E-state index >= 15 is 8.78 Å². The molecule has 6 aromatic rings. The van der Waals surface area contributed by atoms with Crippen molar-refractivity contribution in [3.63, 3.8) is 0 Å². The second-order valence-electron chi connectivity index (χ2n) is 11.3. The van der Waals surface area contributed by atoms with Crippen molar-refractivity contribution < 1.29 is 47.8 Å². The number of hydrogen-bond acceptors (Lipinski definition) is 3. The standard InChI is InChI=1S/C35H25F5N4O.Pt/c1-35(2,3)33-26(25-27(36)29(38)31(40)30(39)28(25)37)32(20-10-6-5-7-11-20)44(42-33)22-13-9-15-24(19-22)45-23-14-8-12-21(18-23)34-41-16-17-43(34)4;/h5-17H,1-4H3;/q-2;+2. The maximum Gasteiger partial charge on any atom is 2.00 e. The number of nitrogens with zero attached hydrogens (tertiary/aromatic N) is 4. The van der Waals surface area contributed by atoms with Crippen LogP contribution in [0.25, 0.3) is 39.5 Å². The number of aromatic nitrogens is 4. The fraction of sp³-hybridized carbons (Fsp3) is 0.143. The van der Waals surface area contributed by atoms with Crippen LogP contribution in [0, 0.1) is 41.2 Å². The molecule has 0 fully saturated rings. The SMILES string of the molecule is Cn1ccnc1-c1[c-]c(Oc2[c-]c(-n3nc(C(C)(C)C)c(-c4c(F)c(F)c(F)c(F)c4F)c3-c3ccccc3)ccc2)ccc1.[Pt+2]. The first-order valence-electron chi connectivity index (χ1n) is 13.9. The van der Waals surface area contributed by atoms with Gasteiger partial charge in [0.15, 0.2) is 23.3 Å². The van der Waals surface area contributed by atoms with Gasteiger partial charge in [0.2, 0.25) is 5.82 Å². The number of ether oxygens (including phenoxy) is 1. The Morgan fingerprint density at radius 3 is 1.93 bits per heavy atom. The molecule has 236 valence electrons. The van der Waals surface area contributed by atoms with Gasteiger partial charge in [-0.3, -0.25) is 9.67 Å². The van der Waals surface area contributed by atoms with Crippen molar-refractivity contribution >= 4 is 0 Å². The van der Waals surface area contributed by atoms with Gasteiger partial charge in [0.25, 0.3) is 0 Å². The third-order valence-electron chi connectivity index (χ3n) is 7.13. The molecule has 0 aliphatic heterocycles. The van der Waals surface area contributed by atoms with Crippen LogP contribution in [-0.2, 0) is 33.5 Å². The van der Waals surface area contributed by atoms with E-state index in [1.54, 1.807) is 87.6 Å². The third-order valence-corrected chi connectivity index (χ3v) is 7.13. The van der Waals surface area contributed by atoms with Crippen molar-refractivity contribution in [2.45, 2.75) is 26.2 Å². The maximum atomic E-state index is 15.4. The second kappa shape index (κ2) is 12.7. The molecule has 0 unspecified atom stereocenters. The van der Waals surface area contributed by atoms with Crippen LogP contribution >= 0.6 is 0 Å². The predicted molar refractivity (Wildman–Crippen MR) is 159 cm³/mol. The molecule has 6 rings (SSSR count). The van der Waals surface area contributed by atoms with Gasteiger partial charge in [-0.15, -0.1) is 42.0 Å². The molecule has 0 saturated heterocycles. The van der Waals surface area contributed by atoms with Gasteiger partial charge in [-0.05, 0) is 5.69 Å². The fourth-order valence-electron chi connectivity index (χ4n) is 5.04. The summed E-state index contributed by atoms with van der Waals surface area (Å²) in [6.07, 6.45) is 3.49. The molecular weight excluding hydrogens is 782 g/mol. The van der Waals surface area contributed by atoms with Crippen LogP contribution in [0.5, 0.6) is 11.5 Å². The zero-order chi connectivity index (χ0) is 32.0. The molecule has 11 heteroatoms. The summed E-state index contributed by atoms with van der Waals surface area (Å²) in [5.74, 6) is -8.87. The Balaban J connectivity index is 0.00000417. The van der Waals surface area contributed by atoms with Gasteiger partial charge in [0, 0.05) is 47.5 Å². The van der Waals surface area contributed by atoms with Crippen LogP contribution < -0.4 is 4.74 Å². The summed E-state index contributed by atoms with van der Waals surface area (Å²) in [5.41, 5.74) is -0.522. The molecule has 0 saturated carbocycles. The molecule has 5 nitrogen and oxygen atoms in total. The molecule has 2 aromatic heterocycles. The van der Waals surface area contributed by atoms with E-state index in [1.165, 1.54) is 4.68 Å². The van der Waals surface area contributed by atoms with E-state index in [0.717, 1.165) is 0 Å². The van der Waals surface area contributed by atoms with Crippen LogP contribution in [-0.4, -0.2) is 19.3 Å². The topological polar surface area (TPSA) is 44.9 Å². The molecular formula is C35H25F5N4OPt. The number of benzene rings is 4. The van der Waals surface area contributed by atoms with E-state index in [4.69, 9.17) is 9.84 Å². The van der Waals surface area contributed by atoms with Gasteiger partial charge < -0.3 is 9.30 Å². The summed E-state index contributed by atoms with van der Waals surface area (Å²) in [5, 5.41) is 4.71. The molecule has 0 amide bonds. The number of hydrogen-bond donors (Lipinski definition) is 0. The summed E-state index contributed by atoms with van der Waals surface area (Å²) in [4.78, 5) is 4.35. The fourth-order valence-corrected chi connectivity index (χ4v) is 5.04. The number of aryl methyl sites for hydroxylation is 1. The Labute approximate surface area is 276 Å². The first kappa shape index (κ1) is 32.8. The molecule has 0 spiro atoms. The van der Waals surface area contributed by atoms with E-state index in [1.807, 2.05) is 23.9 Å². The van der Waals surface area contributed by atoms with Crippen LogP contribution in [0.2, 0.25) is 0 Å². The van der Waals surface area contributed by atoms with E-state index in [-0.39, 0.29) is 43.8 Å². The Bertz CT molecular complexity index is 2020. The van der Waals surface area contributed by atoms with Gasteiger partial charge in [0.1, 0.15) is 0 Å². The molecule has 46 heavy (non-hydrogen) atoms. The van der Waals surface area contributed by atoms with Gasteiger partial charge in [-0.2, -0.15) is 11.2 Å². The average molecular weight is 808 g/mol.